The molecule has 4 heterocycles. The van der Waals surface area contributed by atoms with Gasteiger partial charge in [0.25, 0.3) is 0 Å². The average molecular weight is 446 g/mol. The molecule has 1 aromatic carbocycles. The quantitative estimate of drug-likeness (QED) is 0.721. The Hall–Kier alpha value is -1.90. The van der Waals surface area contributed by atoms with Crippen LogP contribution in [0.4, 0.5) is 0 Å². The second kappa shape index (κ2) is 7.32. The first kappa shape index (κ1) is 21.0. The number of benzene rings is 1. The smallest absolute Gasteiger partial charge is 0.246 e. The van der Waals surface area contributed by atoms with Crippen molar-refractivity contribution in [1.29, 1.82) is 0 Å². The van der Waals surface area contributed by atoms with Crippen molar-refractivity contribution in [2.24, 2.45) is 11.3 Å². The van der Waals surface area contributed by atoms with E-state index >= 15 is 0 Å². The highest BCUT2D eigenvalue weighted by Crippen LogP contribution is 2.55. The molecule has 0 radical (unpaired) electrons. The highest BCUT2D eigenvalue weighted by atomic mass is 32.2. The van der Waals surface area contributed by atoms with Crippen LogP contribution in [0.2, 0.25) is 0 Å². The van der Waals surface area contributed by atoms with Gasteiger partial charge >= 0.3 is 0 Å². The molecular weight excluding hydrogens is 414 g/mol. The Labute approximate surface area is 184 Å². The van der Waals surface area contributed by atoms with Crippen LogP contribution >= 0.6 is 0 Å². The number of para-hydroxylation sites is 1. The molecule has 0 unspecified atom stereocenters. The molecule has 0 aliphatic carbocycles. The lowest BCUT2D eigenvalue weighted by Crippen LogP contribution is -2.54. The van der Waals surface area contributed by atoms with Crippen LogP contribution in [0.5, 0.6) is 5.75 Å². The number of piperidine rings is 1. The number of fused-ring (bicyclic) bond motifs is 3. The van der Waals surface area contributed by atoms with Gasteiger partial charge in [0.1, 0.15) is 16.2 Å². The third-order valence-electron chi connectivity index (χ3n) is 7.43. The maximum atomic E-state index is 13.1. The number of sulfonamides is 1. The predicted octanol–water partition coefficient (Wildman–Crippen LogP) is 3.62. The first-order chi connectivity index (χ1) is 14.7. The van der Waals surface area contributed by atoms with Crippen molar-refractivity contribution in [1.82, 2.24) is 14.1 Å². The maximum absolute atomic E-state index is 13.1. The maximum Gasteiger partial charge on any atom is 0.246 e. The number of nitrogens with zero attached hydrogens (tertiary/aromatic N) is 3. The van der Waals surface area contributed by atoms with Crippen LogP contribution in [0.15, 0.2) is 41.6 Å². The fourth-order valence-corrected chi connectivity index (χ4v) is 6.85. The fourth-order valence-electron chi connectivity index (χ4n) is 5.45. The zero-order valence-corrected chi connectivity index (χ0v) is 19.3. The van der Waals surface area contributed by atoms with Gasteiger partial charge in [-0.3, -0.25) is 4.68 Å². The van der Waals surface area contributed by atoms with E-state index in [1.54, 1.807) is 15.2 Å². The molecule has 2 aromatic rings. The highest BCUT2D eigenvalue weighted by molar-refractivity contribution is 7.89. The Bertz CT molecular complexity index is 1070. The van der Waals surface area contributed by atoms with E-state index in [-0.39, 0.29) is 27.9 Å². The molecule has 0 saturated carbocycles. The van der Waals surface area contributed by atoms with Gasteiger partial charge in [-0.1, -0.05) is 18.2 Å². The van der Waals surface area contributed by atoms with Gasteiger partial charge in [0.2, 0.25) is 10.0 Å². The van der Waals surface area contributed by atoms with E-state index < -0.39 is 10.0 Å². The van der Waals surface area contributed by atoms with Gasteiger partial charge in [0, 0.05) is 37.3 Å². The molecule has 3 aliphatic heterocycles. The topological polar surface area (TPSA) is 73.7 Å². The number of ether oxygens (including phenoxy) is 2. The van der Waals surface area contributed by atoms with Crippen LogP contribution in [-0.2, 0) is 21.3 Å². The minimum absolute atomic E-state index is 0.00625. The Morgan fingerprint density at radius 1 is 1.19 bits per heavy atom. The molecule has 3 aliphatic rings. The molecule has 5 rings (SSSR count). The van der Waals surface area contributed by atoms with Crippen LogP contribution in [-0.4, -0.2) is 47.8 Å². The summed E-state index contributed by atoms with van der Waals surface area (Å²) >= 11 is 0. The van der Waals surface area contributed by atoms with E-state index in [0.717, 1.165) is 30.6 Å². The molecule has 0 amide bonds. The van der Waals surface area contributed by atoms with Crippen LogP contribution in [0, 0.1) is 11.3 Å². The Kier molecular flexibility index (Phi) is 4.95. The third-order valence-corrected chi connectivity index (χ3v) is 9.28. The molecule has 2 fully saturated rings. The lowest BCUT2D eigenvalue weighted by molar-refractivity contribution is -0.172. The van der Waals surface area contributed by atoms with Crippen molar-refractivity contribution in [2.45, 2.75) is 63.2 Å². The summed E-state index contributed by atoms with van der Waals surface area (Å²) in [5.41, 5.74) is 0.799. The number of hydrogen-bond acceptors (Lipinski definition) is 5. The second-order valence-corrected chi connectivity index (χ2v) is 11.7. The number of rotatable bonds is 3. The largest absolute Gasteiger partial charge is 0.487 e. The summed E-state index contributed by atoms with van der Waals surface area (Å²) in [6.45, 7) is 8.58. The Morgan fingerprint density at radius 3 is 2.65 bits per heavy atom. The first-order valence-electron chi connectivity index (χ1n) is 11.2. The summed E-state index contributed by atoms with van der Waals surface area (Å²) in [5, 5.41) is 4.14. The van der Waals surface area contributed by atoms with Gasteiger partial charge in [-0.25, -0.2) is 8.42 Å². The van der Waals surface area contributed by atoms with Gasteiger partial charge in [-0.15, -0.1) is 0 Å². The SMILES string of the molecule is CCn1cc(S(=O)(=O)N2CCC3(CC2)CO[C@@H]2c4ccccc4OC(C)(C)[C@H]2C3)cn1. The zero-order chi connectivity index (χ0) is 21.9. The molecule has 1 spiro atoms. The van der Waals surface area contributed by atoms with Crippen LogP contribution < -0.4 is 4.74 Å². The normalized spacial score (nSPS) is 27.3. The van der Waals surface area contributed by atoms with Crippen molar-refractivity contribution < 1.29 is 17.9 Å². The second-order valence-electron chi connectivity index (χ2n) is 9.72. The van der Waals surface area contributed by atoms with E-state index in [0.29, 0.717) is 26.2 Å². The molecular formula is C23H31N3O4S. The highest BCUT2D eigenvalue weighted by Gasteiger charge is 2.53. The fraction of sp³-hybridized carbons (Fsp3) is 0.609. The molecule has 2 saturated heterocycles. The van der Waals surface area contributed by atoms with Crippen LogP contribution in [0.1, 0.15) is 51.7 Å². The van der Waals surface area contributed by atoms with E-state index in [1.165, 1.54) is 6.20 Å². The standard InChI is InChI=1S/C23H31N3O4S/c1-4-25-15-17(14-24-25)31(27,28)26-11-9-23(10-12-26)13-19-21(29-16-23)18-7-5-6-8-20(18)30-22(19,2)3/h5-8,14-15,19,21H,4,9-13,16H2,1-3H3/t19-,21+/m0/s1. The number of aromatic nitrogens is 2. The molecule has 0 N–H and O–H groups in total. The van der Waals surface area contributed by atoms with E-state index in [9.17, 15) is 8.42 Å². The van der Waals surface area contributed by atoms with Crippen LogP contribution in [0.3, 0.4) is 0 Å². The lowest BCUT2D eigenvalue weighted by atomic mass is 9.64. The van der Waals surface area contributed by atoms with Crippen molar-refractivity contribution in [3.63, 3.8) is 0 Å². The van der Waals surface area contributed by atoms with Crippen molar-refractivity contribution in [3.8, 4) is 5.75 Å². The van der Waals surface area contributed by atoms with Gasteiger partial charge in [-0.2, -0.15) is 9.40 Å². The minimum atomic E-state index is -3.51. The Morgan fingerprint density at radius 2 is 1.94 bits per heavy atom. The summed E-state index contributed by atoms with van der Waals surface area (Å²) < 4.78 is 42.3. The van der Waals surface area contributed by atoms with Crippen LogP contribution in [0.25, 0.3) is 0 Å². The number of hydrogen-bond donors (Lipinski definition) is 0. The molecule has 8 heteroatoms. The van der Waals surface area contributed by atoms with E-state index in [1.807, 2.05) is 25.1 Å². The minimum Gasteiger partial charge on any atom is -0.487 e. The summed E-state index contributed by atoms with van der Waals surface area (Å²) in [5.74, 6) is 1.15. The molecule has 31 heavy (non-hydrogen) atoms. The van der Waals surface area contributed by atoms with Gasteiger partial charge in [0.15, 0.2) is 0 Å². The van der Waals surface area contributed by atoms with Crippen molar-refractivity contribution >= 4 is 10.0 Å². The number of aryl methyl sites for hydroxylation is 1. The van der Waals surface area contributed by atoms with Gasteiger partial charge < -0.3 is 9.47 Å². The first-order valence-corrected chi connectivity index (χ1v) is 12.6. The lowest BCUT2D eigenvalue weighted by Gasteiger charge is -2.54. The van der Waals surface area contributed by atoms with Gasteiger partial charge in [0.05, 0.1) is 18.9 Å². The van der Waals surface area contributed by atoms with E-state index in [4.69, 9.17) is 9.47 Å². The van der Waals surface area contributed by atoms with E-state index in [2.05, 4.69) is 25.0 Å². The third kappa shape index (κ3) is 3.49. The monoisotopic (exact) mass is 445 g/mol. The summed E-state index contributed by atoms with van der Waals surface area (Å²) in [6.07, 6.45) is 5.70. The molecule has 0 bridgehead atoms. The summed E-state index contributed by atoms with van der Waals surface area (Å²) in [7, 11) is -3.51. The molecule has 7 nitrogen and oxygen atoms in total. The summed E-state index contributed by atoms with van der Waals surface area (Å²) in [4.78, 5) is 0.281. The zero-order valence-electron chi connectivity index (χ0n) is 18.5. The molecule has 2 atom stereocenters. The molecule has 1 aromatic heterocycles. The van der Waals surface area contributed by atoms with Gasteiger partial charge in [-0.05, 0) is 51.5 Å². The van der Waals surface area contributed by atoms with Crippen molar-refractivity contribution in [2.75, 3.05) is 19.7 Å². The average Bonchev–Trinajstić information content (AvgIpc) is 3.24. The van der Waals surface area contributed by atoms with Crippen molar-refractivity contribution in [3.05, 3.63) is 42.2 Å². The Balaban J connectivity index is 1.33. The predicted molar refractivity (Wildman–Crippen MR) is 116 cm³/mol. The molecule has 168 valence electrons. The summed E-state index contributed by atoms with van der Waals surface area (Å²) in [6, 6.07) is 8.16.